The van der Waals surface area contributed by atoms with Gasteiger partial charge in [-0.1, -0.05) is 0 Å². The Kier molecular flexibility index (Phi) is 4.23. The number of nitrogens with one attached hydrogen (secondary N) is 1. The van der Waals surface area contributed by atoms with Crippen molar-refractivity contribution in [1.29, 1.82) is 0 Å². The molecule has 0 aliphatic heterocycles. The molecule has 0 aliphatic carbocycles. The molecule has 3 aromatic heterocycles. The summed E-state index contributed by atoms with van der Waals surface area (Å²) < 4.78 is 3.98. The number of imidazole rings is 1. The fourth-order valence-corrected chi connectivity index (χ4v) is 2.98. The van der Waals surface area contributed by atoms with E-state index in [1.807, 2.05) is 25.6 Å². The van der Waals surface area contributed by atoms with E-state index in [2.05, 4.69) is 38.8 Å². The lowest BCUT2D eigenvalue weighted by Crippen LogP contribution is -2.08. The minimum Gasteiger partial charge on any atom is -0.395 e. The van der Waals surface area contributed by atoms with Gasteiger partial charge in [-0.25, -0.2) is 15.0 Å². The van der Waals surface area contributed by atoms with Crippen LogP contribution in [0.3, 0.4) is 0 Å². The van der Waals surface area contributed by atoms with E-state index < -0.39 is 0 Å². The van der Waals surface area contributed by atoms with Crippen LogP contribution in [0.4, 0.5) is 5.82 Å². The molecular formula is C16H23N7O. The van der Waals surface area contributed by atoms with E-state index in [1.165, 1.54) is 6.33 Å². The molecule has 8 heteroatoms. The smallest absolute Gasteiger partial charge is 0.166 e. The molecular weight excluding hydrogens is 306 g/mol. The first-order valence-corrected chi connectivity index (χ1v) is 8.04. The number of aryl methyl sites for hydroxylation is 2. The van der Waals surface area contributed by atoms with E-state index >= 15 is 0 Å². The normalized spacial score (nSPS) is 11.6. The van der Waals surface area contributed by atoms with Gasteiger partial charge in [0.25, 0.3) is 0 Å². The molecule has 0 bridgehead atoms. The SMILES string of the molecule is Cc1nn(C)c(C)c1-c1nc2c(NCCO)ncnc2n1C(C)C. The minimum absolute atomic E-state index is 0.0318. The molecule has 24 heavy (non-hydrogen) atoms. The third-order valence-corrected chi connectivity index (χ3v) is 4.13. The lowest BCUT2D eigenvalue weighted by atomic mass is 10.2. The van der Waals surface area contributed by atoms with Gasteiger partial charge < -0.3 is 15.0 Å². The molecule has 0 saturated heterocycles. The lowest BCUT2D eigenvalue weighted by Gasteiger charge is -2.12. The van der Waals surface area contributed by atoms with Gasteiger partial charge in [0.05, 0.1) is 17.9 Å². The zero-order chi connectivity index (χ0) is 17.4. The largest absolute Gasteiger partial charge is 0.395 e. The van der Waals surface area contributed by atoms with Crippen LogP contribution in [0.15, 0.2) is 6.33 Å². The molecule has 0 radical (unpaired) electrons. The molecule has 3 heterocycles. The van der Waals surface area contributed by atoms with Crippen LogP contribution in [-0.4, -0.2) is 47.6 Å². The van der Waals surface area contributed by atoms with Gasteiger partial charge in [-0.2, -0.15) is 5.10 Å². The van der Waals surface area contributed by atoms with E-state index in [0.717, 1.165) is 28.4 Å². The first-order chi connectivity index (χ1) is 11.5. The first kappa shape index (κ1) is 16.4. The maximum atomic E-state index is 9.06. The van der Waals surface area contributed by atoms with E-state index in [-0.39, 0.29) is 12.6 Å². The van der Waals surface area contributed by atoms with Crippen LogP contribution in [0.25, 0.3) is 22.6 Å². The average Bonchev–Trinajstić information content (AvgIpc) is 3.03. The quantitative estimate of drug-likeness (QED) is 0.742. The summed E-state index contributed by atoms with van der Waals surface area (Å²) in [7, 11) is 1.93. The predicted molar refractivity (Wildman–Crippen MR) is 93.0 cm³/mol. The highest BCUT2D eigenvalue weighted by Crippen LogP contribution is 2.32. The summed E-state index contributed by atoms with van der Waals surface area (Å²) in [4.78, 5) is 13.5. The molecule has 0 unspecified atom stereocenters. The van der Waals surface area contributed by atoms with Crippen LogP contribution >= 0.6 is 0 Å². The maximum absolute atomic E-state index is 9.06. The number of aliphatic hydroxyl groups excluding tert-OH is 1. The van der Waals surface area contributed by atoms with Gasteiger partial charge in [-0.15, -0.1) is 0 Å². The zero-order valence-electron chi connectivity index (χ0n) is 14.7. The lowest BCUT2D eigenvalue weighted by molar-refractivity contribution is 0.311. The summed E-state index contributed by atoms with van der Waals surface area (Å²) in [6.45, 7) is 8.69. The monoisotopic (exact) mass is 329 g/mol. The van der Waals surface area contributed by atoms with Gasteiger partial charge in [0.2, 0.25) is 0 Å². The van der Waals surface area contributed by atoms with E-state index in [1.54, 1.807) is 0 Å². The number of fused-ring (bicyclic) bond motifs is 1. The van der Waals surface area contributed by atoms with Crippen LogP contribution in [0.2, 0.25) is 0 Å². The highest BCUT2D eigenvalue weighted by molar-refractivity contribution is 5.87. The Hall–Kier alpha value is -2.48. The fourth-order valence-electron chi connectivity index (χ4n) is 2.98. The molecule has 0 amide bonds. The third kappa shape index (κ3) is 2.52. The van der Waals surface area contributed by atoms with Crippen LogP contribution in [0.5, 0.6) is 0 Å². The number of anilines is 1. The number of rotatable bonds is 5. The molecule has 0 atom stereocenters. The summed E-state index contributed by atoms with van der Waals surface area (Å²) in [5.74, 6) is 1.48. The number of aromatic nitrogens is 6. The number of nitrogens with zero attached hydrogens (tertiary/aromatic N) is 6. The number of aliphatic hydroxyl groups is 1. The van der Waals surface area contributed by atoms with Gasteiger partial charge in [-0.05, 0) is 27.7 Å². The number of hydrogen-bond acceptors (Lipinski definition) is 6. The standard InChI is InChI=1S/C16H23N7O/c1-9(2)23-15(12-10(3)21-22(5)11(12)4)20-13-14(17-6-7-24)18-8-19-16(13)23/h8-9,24H,6-7H2,1-5H3,(H,17,18,19). The van der Waals surface area contributed by atoms with Gasteiger partial charge in [0, 0.05) is 25.3 Å². The topological polar surface area (TPSA) is 93.7 Å². The number of hydrogen-bond donors (Lipinski definition) is 2. The predicted octanol–water partition coefficient (Wildman–Crippen LogP) is 1.83. The molecule has 2 N–H and O–H groups in total. The van der Waals surface area contributed by atoms with Crippen LogP contribution in [0.1, 0.15) is 31.3 Å². The summed E-state index contributed by atoms with van der Waals surface area (Å²) in [5.41, 5.74) is 4.50. The Balaban J connectivity index is 2.30. The molecule has 0 aromatic carbocycles. The van der Waals surface area contributed by atoms with Gasteiger partial charge >= 0.3 is 0 Å². The second-order valence-corrected chi connectivity index (χ2v) is 6.11. The van der Waals surface area contributed by atoms with Crippen molar-refractivity contribution >= 4 is 17.0 Å². The Bertz CT molecular complexity index is 878. The Morgan fingerprint density at radius 2 is 2.00 bits per heavy atom. The Morgan fingerprint density at radius 3 is 2.58 bits per heavy atom. The molecule has 3 aromatic rings. The van der Waals surface area contributed by atoms with Crippen molar-refractivity contribution in [3.63, 3.8) is 0 Å². The van der Waals surface area contributed by atoms with Crippen molar-refractivity contribution in [3.8, 4) is 11.4 Å². The van der Waals surface area contributed by atoms with Crippen molar-refractivity contribution in [3.05, 3.63) is 17.7 Å². The van der Waals surface area contributed by atoms with Gasteiger partial charge in [0.1, 0.15) is 12.2 Å². The minimum atomic E-state index is 0.0318. The summed E-state index contributed by atoms with van der Waals surface area (Å²) in [5, 5.41) is 16.7. The van der Waals surface area contributed by atoms with Gasteiger partial charge in [0.15, 0.2) is 17.0 Å². The average molecular weight is 329 g/mol. The van der Waals surface area contributed by atoms with Crippen molar-refractivity contribution in [2.24, 2.45) is 7.05 Å². The highest BCUT2D eigenvalue weighted by atomic mass is 16.3. The second-order valence-electron chi connectivity index (χ2n) is 6.11. The van der Waals surface area contributed by atoms with Crippen molar-refractivity contribution in [1.82, 2.24) is 29.3 Å². The third-order valence-electron chi connectivity index (χ3n) is 4.13. The van der Waals surface area contributed by atoms with Crippen molar-refractivity contribution in [2.45, 2.75) is 33.7 Å². The van der Waals surface area contributed by atoms with Crippen LogP contribution in [0, 0.1) is 13.8 Å². The zero-order valence-corrected chi connectivity index (χ0v) is 14.7. The summed E-state index contributed by atoms with van der Waals surface area (Å²) >= 11 is 0. The molecule has 0 spiro atoms. The molecule has 0 saturated carbocycles. The van der Waals surface area contributed by atoms with Crippen molar-refractivity contribution in [2.75, 3.05) is 18.5 Å². The first-order valence-electron chi connectivity index (χ1n) is 8.04. The maximum Gasteiger partial charge on any atom is 0.166 e. The molecule has 8 nitrogen and oxygen atoms in total. The molecule has 0 fully saturated rings. The summed E-state index contributed by atoms with van der Waals surface area (Å²) in [6.07, 6.45) is 1.52. The second kappa shape index (κ2) is 6.20. The summed E-state index contributed by atoms with van der Waals surface area (Å²) in [6, 6.07) is 0.185. The molecule has 128 valence electrons. The highest BCUT2D eigenvalue weighted by Gasteiger charge is 2.23. The van der Waals surface area contributed by atoms with Crippen molar-refractivity contribution < 1.29 is 5.11 Å². The molecule has 3 rings (SSSR count). The molecule has 0 aliphatic rings. The Morgan fingerprint density at radius 1 is 1.25 bits per heavy atom. The Labute approximate surface area is 140 Å². The van der Waals surface area contributed by atoms with Crippen LogP contribution in [-0.2, 0) is 7.05 Å². The fraction of sp³-hybridized carbons (Fsp3) is 0.500. The van der Waals surface area contributed by atoms with E-state index in [9.17, 15) is 0 Å². The van der Waals surface area contributed by atoms with Gasteiger partial charge in [-0.3, -0.25) is 4.68 Å². The van der Waals surface area contributed by atoms with E-state index in [4.69, 9.17) is 10.1 Å². The van der Waals surface area contributed by atoms with E-state index in [0.29, 0.717) is 17.9 Å². The van der Waals surface area contributed by atoms with Crippen LogP contribution < -0.4 is 5.32 Å².